The summed E-state index contributed by atoms with van der Waals surface area (Å²) in [7, 11) is 0. The van der Waals surface area contributed by atoms with Crippen LogP contribution >= 0.6 is 35.0 Å². The number of hydrogen-bond donors (Lipinski definition) is 2. The highest BCUT2D eigenvalue weighted by Gasteiger charge is 2.16. The maximum Gasteiger partial charge on any atom is 0.234 e. The van der Waals surface area contributed by atoms with E-state index in [2.05, 4.69) is 10.6 Å². The van der Waals surface area contributed by atoms with Crippen LogP contribution in [0.2, 0.25) is 10.0 Å². The first-order chi connectivity index (χ1) is 12.6. The van der Waals surface area contributed by atoms with Crippen LogP contribution in [0.25, 0.3) is 0 Å². The predicted molar refractivity (Wildman–Crippen MR) is 115 cm³/mol. The molecule has 0 aliphatic rings. The summed E-state index contributed by atoms with van der Waals surface area (Å²) < 4.78 is 0. The van der Waals surface area contributed by atoms with Gasteiger partial charge in [0, 0.05) is 17.0 Å². The average Bonchev–Trinajstić information content (AvgIpc) is 2.57. The topological polar surface area (TPSA) is 58.2 Å². The minimum Gasteiger partial charge on any atom is -0.326 e. The zero-order valence-corrected chi connectivity index (χ0v) is 17.8. The van der Waals surface area contributed by atoms with Crippen LogP contribution in [0.5, 0.6) is 0 Å². The largest absolute Gasteiger partial charge is 0.326 e. The van der Waals surface area contributed by atoms with Crippen molar-refractivity contribution >= 4 is 58.2 Å². The van der Waals surface area contributed by atoms with Gasteiger partial charge in [-0.3, -0.25) is 9.59 Å². The van der Waals surface area contributed by atoms with Gasteiger partial charge in [-0.05, 0) is 41.8 Å². The molecule has 0 saturated heterocycles. The molecular formula is C20H22Cl2N2O2S. The van der Waals surface area contributed by atoms with Crippen LogP contribution in [0.4, 0.5) is 11.4 Å². The van der Waals surface area contributed by atoms with Gasteiger partial charge < -0.3 is 10.6 Å². The van der Waals surface area contributed by atoms with Crippen molar-refractivity contribution in [3.63, 3.8) is 0 Å². The van der Waals surface area contributed by atoms with Crippen LogP contribution in [0.15, 0.2) is 47.4 Å². The molecule has 2 rings (SSSR count). The second-order valence-corrected chi connectivity index (χ2v) is 9.08. The SMILES string of the molecule is CC(C)(C)CC(=O)Nc1ccc(SCC(=O)Nc2cccc(Cl)c2Cl)cc1. The molecule has 2 N–H and O–H groups in total. The summed E-state index contributed by atoms with van der Waals surface area (Å²) >= 11 is 13.4. The summed E-state index contributed by atoms with van der Waals surface area (Å²) in [6.45, 7) is 6.07. The van der Waals surface area contributed by atoms with Crippen molar-refractivity contribution in [3.05, 3.63) is 52.5 Å². The Morgan fingerprint density at radius 1 is 0.963 bits per heavy atom. The van der Waals surface area contributed by atoms with Gasteiger partial charge in [0.15, 0.2) is 0 Å². The molecule has 144 valence electrons. The second kappa shape index (κ2) is 9.49. The molecule has 0 saturated carbocycles. The first-order valence-corrected chi connectivity index (χ1v) is 10.1. The molecule has 0 atom stereocenters. The number of anilines is 2. The van der Waals surface area contributed by atoms with E-state index >= 15 is 0 Å². The van der Waals surface area contributed by atoms with Crippen molar-refractivity contribution in [2.24, 2.45) is 5.41 Å². The van der Waals surface area contributed by atoms with Gasteiger partial charge in [0.1, 0.15) is 0 Å². The van der Waals surface area contributed by atoms with Crippen molar-refractivity contribution in [2.45, 2.75) is 32.1 Å². The maximum absolute atomic E-state index is 12.1. The van der Waals surface area contributed by atoms with Gasteiger partial charge in [0.05, 0.1) is 21.5 Å². The Kier molecular flexibility index (Phi) is 7.59. The fourth-order valence-electron chi connectivity index (χ4n) is 2.26. The highest BCUT2D eigenvalue weighted by atomic mass is 35.5. The Bertz CT molecular complexity index is 818. The highest BCUT2D eigenvalue weighted by Crippen LogP contribution is 2.30. The average molecular weight is 425 g/mol. The minimum absolute atomic E-state index is 0.0133. The summed E-state index contributed by atoms with van der Waals surface area (Å²) in [5, 5.41) is 6.35. The van der Waals surface area contributed by atoms with E-state index in [0.717, 1.165) is 10.6 Å². The molecule has 0 aliphatic carbocycles. The summed E-state index contributed by atoms with van der Waals surface area (Å²) in [5.41, 5.74) is 1.18. The van der Waals surface area contributed by atoms with Crippen LogP contribution in [-0.2, 0) is 9.59 Å². The third-order valence-corrected chi connectivity index (χ3v) is 5.26. The molecule has 0 spiro atoms. The van der Waals surface area contributed by atoms with Gasteiger partial charge in [0.2, 0.25) is 11.8 Å². The minimum atomic E-state index is -0.174. The Hall–Kier alpha value is -1.69. The molecule has 0 heterocycles. The molecule has 2 aromatic carbocycles. The number of carbonyl (C=O) groups excluding carboxylic acids is 2. The molecular weight excluding hydrogens is 403 g/mol. The zero-order valence-electron chi connectivity index (χ0n) is 15.4. The molecule has 27 heavy (non-hydrogen) atoms. The normalized spacial score (nSPS) is 11.1. The van der Waals surface area contributed by atoms with E-state index < -0.39 is 0 Å². The van der Waals surface area contributed by atoms with Gasteiger partial charge in [-0.15, -0.1) is 11.8 Å². The number of halogens is 2. The lowest BCUT2D eigenvalue weighted by atomic mass is 9.92. The van der Waals surface area contributed by atoms with Crippen LogP contribution in [0, 0.1) is 5.41 Å². The Morgan fingerprint density at radius 2 is 1.63 bits per heavy atom. The van der Waals surface area contributed by atoms with E-state index in [9.17, 15) is 9.59 Å². The fourth-order valence-corrected chi connectivity index (χ4v) is 3.30. The molecule has 7 heteroatoms. The third kappa shape index (κ3) is 7.45. The Balaban J connectivity index is 1.85. The molecule has 0 bridgehead atoms. The predicted octanol–water partition coefficient (Wildman–Crippen LogP) is 6.10. The monoisotopic (exact) mass is 424 g/mol. The second-order valence-electron chi connectivity index (χ2n) is 7.25. The molecule has 0 aliphatic heterocycles. The molecule has 2 amide bonds. The van der Waals surface area contributed by atoms with E-state index in [4.69, 9.17) is 23.2 Å². The molecule has 0 aromatic heterocycles. The smallest absolute Gasteiger partial charge is 0.234 e. The van der Waals surface area contributed by atoms with Crippen molar-refractivity contribution in [3.8, 4) is 0 Å². The first-order valence-electron chi connectivity index (χ1n) is 8.41. The number of nitrogens with one attached hydrogen (secondary N) is 2. The number of rotatable bonds is 6. The van der Waals surface area contributed by atoms with E-state index in [1.54, 1.807) is 18.2 Å². The summed E-state index contributed by atoms with van der Waals surface area (Å²) in [4.78, 5) is 25.0. The molecule has 4 nitrogen and oxygen atoms in total. The van der Waals surface area contributed by atoms with Crippen molar-refractivity contribution in [1.29, 1.82) is 0 Å². The van der Waals surface area contributed by atoms with Crippen LogP contribution in [0.3, 0.4) is 0 Å². The number of amides is 2. The lowest BCUT2D eigenvalue weighted by molar-refractivity contribution is -0.118. The van der Waals surface area contributed by atoms with Crippen molar-refractivity contribution < 1.29 is 9.59 Å². The lowest BCUT2D eigenvalue weighted by Crippen LogP contribution is -2.19. The lowest BCUT2D eigenvalue weighted by Gasteiger charge is -2.17. The van der Waals surface area contributed by atoms with Crippen LogP contribution in [-0.4, -0.2) is 17.6 Å². The Labute approximate surface area is 174 Å². The summed E-state index contributed by atoms with van der Waals surface area (Å²) in [6, 6.07) is 12.5. The van der Waals surface area contributed by atoms with E-state index in [-0.39, 0.29) is 23.0 Å². The molecule has 0 radical (unpaired) electrons. The number of carbonyl (C=O) groups is 2. The summed E-state index contributed by atoms with van der Waals surface area (Å²) in [6.07, 6.45) is 0.454. The van der Waals surface area contributed by atoms with E-state index in [1.807, 2.05) is 45.0 Å². The van der Waals surface area contributed by atoms with Crippen LogP contribution < -0.4 is 10.6 Å². The number of hydrogen-bond acceptors (Lipinski definition) is 3. The highest BCUT2D eigenvalue weighted by molar-refractivity contribution is 8.00. The first kappa shape index (κ1) is 21.6. The zero-order chi connectivity index (χ0) is 20.0. The maximum atomic E-state index is 12.1. The quantitative estimate of drug-likeness (QED) is 0.550. The van der Waals surface area contributed by atoms with Crippen molar-refractivity contribution in [1.82, 2.24) is 0 Å². The van der Waals surface area contributed by atoms with Gasteiger partial charge in [-0.25, -0.2) is 0 Å². The van der Waals surface area contributed by atoms with Crippen LogP contribution in [0.1, 0.15) is 27.2 Å². The standard InChI is InChI=1S/C20H22Cl2N2O2S/c1-20(2,3)11-17(25)23-13-7-9-14(10-8-13)27-12-18(26)24-16-6-4-5-15(21)19(16)22/h4-10H,11-12H2,1-3H3,(H,23,25)(H,24,26). The van der Waals surface area contributed by atoms with Crippen molar-refractivity contribution in [2.75, 3.05) is 16.4 Å². The number of thioether (sulfide) groups is 1. The molecule has 0 fully saturated rings. The van der Waals surface area contributed by atoms with Gasteiger partial charge in [-0.2, -0.15) is 0 Å². The van der Waals surface area contributed by atoms with E-state index in [0.29, 0.717) is 22.2 Å². The van der Waals surface area contributed by atoms with E-state index in [1.165, 1.54) is 11.8 Å². The van der Waals surface area contributed by atoms with Gasteiger partial charge >= 0.3 is 0 Å². The number of benzene rings is 2. The molecule has 0 unspecified atom stereocenters. The Morgan fingerprint density at radius 3 is 2.26 bits per heavy atom. The van der Waals surface area contributed by atoms with Gasteiger partial charge in [0.25, 0.3) is 0 Å². The summed E-state index contributed by atoms with van der Waals surface area (Å²) in [5.74, 6) is 0.0471. The molecule has 2 aromatic rings. The van der Waals surface area contributed by atoms with Gasteiger partial charge in [-0.1, -0.05) is 50.0 Å². The third-order valence-electron chi connectivity index (χ3n) is 3.42. The fraction of sp³-hybridized carbons (Fsp3) is 0.300.